The highest BCUT2D eigenvalue weighted by molar-refractivity contribution is 6.00. The van der Waals surface area contributed by atoms with Gasteiger partial charge in [0.1, 0.15) is 0 Å². The Bertz CT molecular complexity index is 894. The van der Waals surface area contributed by atoms with Crippen molar-refractivity contribution in [2.75, 3.05) is 13.2 Å². The number of benzene rings is 2. The maximum absolute atomic E-state index is 9.98. The number of ether oxygens (including phenoxy) is 2. The molecule has 26 heavy (non-hydrogen) atoms. The molecular weight excluding hydrogens is 330 g/mol. The lowest BCUT2D eigenvalue weighted by Crippen LogP contribution is -2.02. The van der Waals surface area contributed by atoms with Gasteiger partial charge < -0.3 is 19.7 Å². The highest BCUT2D eigenvalue weighted by Gasteiger charge is 2.17. The van der Waals surface area contributed by atoms with Gasteiger partial charge in [0, 0.05) is 18.0 Å². The molecule has 2 N–H and O–H groups in total. The molecule has 5 heteroatoms. The molecule has 0 amide bonds. The fourth-order valence-electron chi connectivity index (χ4n) is 3.21. The van der Waals surface area contributed by atoms with E-state index in [4.69, 9.17) is 9.47 Å². The van der Waals surface area contributed by atoms with Crippen LogP contribution < -0.4 is 9.47 Å². The molecule has 0 aliphatic carbocycles. The predicted molar refractivity (Wildman–Crippen MR) is 101 cm³/mol. The van der Waals surface area contributed by atoms with E-state index in [-0.39, 0.29) is 13.2 Å². The lowest BCUT2D eigenvalue weighted by Gasteiger charge is -2.18. The smallest absolute Gasteiger partial charge is 0.161 e. The summed E-state index contributed by atoms with van der Waals surface area (Å²) in [7, 11) is 0. The van der Waals surface area contributed by atoms with Gasteiger partial charge in [-0.2, -0.15) is 0 Å². The van der Waals surface area contributed by atoms with Crippen LogP contribution in [-0.2, 0) is 13.2 Å². The number of rotatable bonds is 7. The minimum atomic E-state index is -0.173. The molecule has 0 bridgehead atoms. The van der Waals surface area contributed by atoms with Crippen LogP contribution in [0, 0.1) is 0 Å². The second-order valence-corrected chi connectivity index (χ2v) is 5.83. The Labute approximate surface area is 152 Å². The number of nitrogens with zero attached hydrogens (tertiary/aromatic N) is 1. The van der Waals surface area contributed by atoms with E-state index in [1.165, 1.54) is 0 Å². The van der Waals surface area contributed by atoms with Crippen LogP contribution in [0.1, 0.15) is 25.0 Å². The van der Waals surface area contributed by atoms with Gasteiger partial charge in [-0.25, -0.2) is 0 Å². The average Bonchev–Trinajstić information content (AvgIpc) is 2.68. The van der Waals surface area contributed by atoms with E-state index in [1.807, 2.05) is 44.2 Å². The van der Waals surface area contributed by atoms with Crippen molar-refractivity contribution in [2.45, 2.75) is 27.1 Å². The summed E-state index contributed by atoms with van der Waals surface area (Å²) in [6.07, 6.45) is 3.46. The third-order valence-electron chi connectivity index (χ3n) is 4.28. The molecule has 1 heterocycles. The average molecular weight is 353 g/mol. The van der Waals surface area contributed by atoms with Crippen molar-refractivity contribution in [1.82, 2.24) is 4.98 Å². The van der Waals surface area contributed by atoms with Gasteiger partial charge in [-0.3, -0.25) is 4.98 Å². The standard InChI is InChI=1S/C21H23NO4/c1-3-25-19-9-15-8-16(12-23)18(13-24)21(14-6-5-7-22-11-14)17(15)10-20(19)26-4-2/h5-11,23-24H,3-4,12-13H2,1-2H3. The van der Waals surface area contributed by atoms with Crippen LogP contribution in [0.3, 0.4) is 0 Å². The minimum absolute atomic E-state index is 0.156. The van der Waals surface area contributed by atoms with E-state index in [9.17, 15) is 10.2 Å². The summed E-state index contributed by atoms with van der Waals surface area (Å²) < 4.78 is 11.5. The van der Waals surface area contributed by atoms with Crippen LogP contribution in [0.4, 0.5) is 0 Å². The normalized spacial score (nSPS) is 10.9. The van der Waals surface area contributed by atoms with Gasteiger partial charge in [-0.05, 0) is 65.6 Å². The van der Waals surface area contributed by atoms with E-state index < -0.39 is 0 Å². The van der Waals surface area contributed by atoms with Gasteiger partial charge in [0.05, 0.1) is 26.4 Å². The van der Waals surface area contributed by atoms with E-state index in [2.05, 4.69) is 4.98 Å². The second kappa shape index (κ2) is 8.17. The van der Waals surface area contributed by atoms with Gasteiger partial charge >= 0.3 is 0 Å². The summed E-state index contributed by atoms with van der Waals surface area (Å²) >= 11 is 0. The summed E-state index contributed by atoms with van der Waals surface area (Å²) in [5.41, 5.74) is 3.11. The second-order valence-electron chi connectivity index (χ2n) is 5.83. The molecule has 136 valence electrons. The molecule has 0 aliphatic rings. The molecule has 0 saturated carbocycles. The van der Waals surface area contributed by atoms with E-state index in [1.54, 1.807) is 12.4 Å². The molecule has 0 aliphatic heterocycles. The van der Waals surface area contributed by atoms with E-state index >= 15 is 0 Å². The van der Waals surface area contributed by atoms with Crippen LogP contribution in [0.15, 0.2) is 42.7 Å². The zero-order valence-corrected chi connectivity index (χ0v) is 15.0. The Morgan fingerprint density at radius 2 is 1.69 bits per heavy atom. The summed E-state index contributed by atoms with van der Waals surface area (Å²) in [6, 6.07) is 9.54. The van der Waals surface area contributed by atoms with E-state index in [0.29, 0.717) is 35.8 Å². The fourth-order valence-corrected chi connectivity index (χ4v) is 3.21. The predicted octanol–water partition coefficient (Wildman–Crippen LogP) is 3.68. The first-order chi connectivity index (χ1) is 12.7. The van der Waals surface area contributed by atoms with Crippen molar-refractivity contribution in [3.63, 3.8) is 0 Å². The molecule has 5 nitrogen and oxygen atoms in total. The Hall–Kier alpha value is -2.63. The number of aromatic nitrogens is 1. The molecule has 0 fully saturated rings. The zero-order valence-electron chi connectivity index (χ0n) is 15.0. The Morgan fingerprint density at radius 3 is 2.27 bits per heavy atom. The van der Waals surface area contributed by atoms with Crippen LogP contribution in [0.2, 0.25) is 0 Å². The van der Waals surface area contributed by atoms with Crippen molar-refractivity contribution in [3.8, 4) is 22.6 Å². The monoisotopic (exact) mass is 353 g/mol. The summed E-state index contributed by atoms with van der Waals surface area (Å²) in [4.78, 5) is 4.20. The molecule has 0 radical (unpaired) electrons. The number of hydrogen-bond acceptors (Lipinski definition) is 5. The van der Waals surface area contributed by atoms with Gasteiger partial charge in [-0.15, -0.1) is 0 Å². The lowest BCUT2D eigenvalue weighted by atomic mass is 9.90. The first-order valence-corrected chi connectivity index (χ1v) is 8.73. The number of pyridine rings is 1. The third kappa shape index (κ3) is 3.36. The molecule has 0 unspecified atom stereocenters. The molecule has 0 saturated heterocycles. The van der Waals surface area contributed by atoms with Crippen LogP contribution >= 0.6 is 0 Å². The quantitative estimate of drug-likeness (QED) is 0.678. The molecule has 0 spiro atoms. The number of fused-ring (bicyclic) bond motifs is 1. The maximum Gasteiger partial charge on any atom is 0.161 e. The largest absolute Gasteiger partial charge is 0.490 e. The molecule has 2 aromatic carbocycles. The molecular formula is C21H23NO4. The number of aliphatic hydroxyl groups excluding tert-OH is 2. The SMILES string of the molecule is CCOc1cc2cc(CO)c(CO)c(-c3cccnc3)c2cc1OCC. The van der Waals surface area contributed by atoms with Crippen molar-refractivity contribution in [3.05, 3.63) is 53.9 Å². The van der Waals surface area contributed by atoms with Crippen LogP contribution in [-0.4, -0.2) is 28.4 Å². The van der Waals surface area contributed by atoms with Gasteiger partial charge in [0.15, 0.2) is 11.5 Å². The van der Waals surface area contributed by atoms with E-state index in [0.717, 1.165) is 21.9 Å². The van der Waals surface area contributed by atoms with Crippen molar-refractivity contribution >= 4 is 10.8 Å². The maximum atomic E-state index is 9.98. The van der Waals surface area contributed by atoms with Crippen molar-refractivity contribution < 1.29 is 19.7 Å². The summed E-state index contributed by atoms with van der Waals surface area (Å²) in [5.74, 6) is 1.33. The van der Waals surface area contributed by atoms with Crippen molar-refractivity contribution in [1.29, 1.82) is 0 Å². The molecule has 0 atom stereocenters. The first kappa shape index (κ1) is 18.2. The lowest BCUT2D eigenvalue weighted by molar-refractivity contribution is 0.260. The first-order valence-electron chi connectivity index (χ1n) is 8.73. The summed E-state index contributed by atoms with van der Waals surface area (Å²) in [6.45, 7) is 4.58. The van der Waals surface area contributed by atoms with Gasteiger partial charge in [-0.1, -0.05) is 6.07 Å². The topological polar surface area (TPSA) is 71.8 Å². The number of hydrogen-bond donors (Lipinski definition) is 2. The molecule has 1 aromatic heterocycles. The van der Waals surface area contributed by atoms with Gasteiger partial charge in [0.2, 0.25) is 0 Å². The highest BCUT2D eigenvalue weighted by atomic mass is 16.5. The highest BCUT2D eigenvalue weighted by Crippen LogP contribution is 2.40. The fraction of sp³-hybridized carbons (Fsp3) is 0.286. The third-order valence-corrected chi connectivity index (χ3v) is 4.28. The zero-order chi connectivity index (χ0) is 18.5. The van der Waals surface area contributed by atoms with Crippen LogP contribution in [0.25, 0.3) is 21.9 Å². The van der Waals surface area contributed by atoms with Crippen molar-refractivity contribution in [2.24, 2.45) is 0 Å². The molecule has 3 aromatic rings. The Balaban J connectivity index is 2.38. The van der Waals surface area contributed by atoms with Crippen LogP contribution in [0.5, 0.6) is 11.5 Å². The molecule has 3 rings (SSSR count). The van der Waals surface area contributed by atoms with Gasteiger partial charge in [0.25, 0.3) is 0 Å². The summed E-state index contributed by atoms with van der Waals surface area (Å²) in [5, 5.41) is 21.6. The Morgan fingerprint density at radius 1 is 0.962 bits per heavy atom. The minimum Gasteiger partial charge on any atom is -0.490 e. The Kier molecular flexibility index (Phi) is 5.71. The number of aliphatic hydroxyl groups is 2.